The summed E-state index contributed by atoms with van der Waals surface area (Å²) in [5.41, 5.74) is -1.44. The minimum absolute atomic E-state index is 0.00668. The highest BCUT2D eigenvalue weighted by atomic mass is 16.7. The first-order valence-electron chi connectivity index (χ1n) is 23.4. The monoisotopic (exact) mass is 984 g/mol. The van der Waals surface area contributed by atoms with Crippen LogP contribution in [-0.2, 0) is 53.9 Å². The van der Waals surface area contributed by atoms with Crippen molar-refractivity contribution in [2.45, 2.75) is 172 Å². The molecule has 8 N–H and O–H groups in total. The van der Waals surface area contributed by atoms with Gasteiger partial charge in [-0.25, -0.2) is 0 Å². The number of hydrogen-bond acceptors (Lipinski definition) is 21. The number of phenols is 3. The molecule has 3 fully saturated rings. The van der Waals surface area contributed by atoms with Crippen molar-refractivity contribution < 1.29 is 93.1 Å². The number of hydrogen-bond donors (Lipinski definition) is 8. The van der Waals surface area contributed by atoms with Crippen LogP contribution in [0.4, 0.5) is 11.4 Å². The second kappa shape index (κ2) is 21.5. The second-order valence-corrected chi connectivity index (χ2v) is 19.2. The highest BCUT2D eigenvalue weighted by Gasteiger charge is 2.52. The number of fused-ring (bicyclic) bond motifs is 2. The summed E-state index contributed by atoms with van der Waals surface area (Å²) in [4.78, 5) is 41.1. The van der Waals surface area contributed by atoms with Crippen molar-refractivity contribution in [2.75, 3.05) is 7.11 Å². The van der Waals surface area contributed by atoms with Crippen LogP contribution in [0.3, 0.4) is 0 Å². The third-order valence-corrected chi connectivity index (χ3v) is 13.4. The standard InChI is InChI=1S/C49H64N2O19/c1-20(2)48(61)70-47-24(6)66-35(19-49(47,7)62)68-32-17-33(64-22(4)41(32)57)67-31-18-34(65-23(5)40(31)56)69-46-28(45(63-8)44(60)39(55)21(3)52)15-25-14-27-37(42(58)36(25)43(46)59)29(53)16-30(54)38(27)51-50-26-12-10-9-11-13-26/h9-14,16,20-24,28,31-35,39-41,45-47,52-58,62H,15,17-19H2,1-8H3/t21-,22+,23+,24-,28-,31+,32+,33-,34-,35-,39-,40+,41+,45?,46?,47-,49-/m0/s1. The smallest absolute Gasteiger partial charge is 0.308 e. The van der Waals surface area contributed by atoms with E-state index in [2.05, 4.69) is 10.2 Å². The molecule has 3 aromatic carbocycles. The molecular formula is C49H64N2O19. The number of esters is 1. The summed E-state index contributed by atoms with van der Waals surface area (Å²) in [7, 11) is 1.17. The van der Waals surface area contributed by atoms with Gasteiger partial charge in [0.15, 0.2) is 36.5 Å². The lowest BCUT2D eigenvalue weighted by Gasteiger charge is -2.47. The lowest BCUT2D eigenvalue weighted by atomic mass is 9.75. The first-order valence-corrected chi connectivity index (χ1v) is 23.4. The highest BCUT2D eigenvalue weighted by molar-refractivity contribution is 6.13. The Kier molecular flexibility index (Phi) is 16.3. The maximum Gasteiger partial charge on any atom is 0.308 e. The number of aromatic hydroxyl groups is 3. The maximum absolute atomic E-state index is 14.9. The average Bonchev–Trinajstić information content (AvgIpc) is 3.29. The summed E-state index contributed by atoms with van der Waals surface area (Å²) in [6, 6.07) is 10.9. The molecule has 2 unspecified atom stereocenters. The predicted molar refractivity (Wildman–Crippen MR) is 243 cm³/mol. The second-order valence-electron chi connectivity index (χ2n) is 19.2. The summed E-state index contributed by atoms with van der Waals surface area (Å²) in [5, 5.41) is 97.0. The van der Waals surface area contributed by atoms with Crippen molar-refractivity contribution in [3.05, 3.63) is 53.6 Å². The molecule has 1 aliphatic carbocycles. The topological polar surface area (TPSA) is 312 Å². The summed E-state index contributed by atoms with van der Waals surface area (Å²) in [6.45, 7) is 10.8. The zero-order valence-corrected chi connectivity index (χ0v) is 40.1. The molecule has 0 spiro atoms. The van der Waals surface area contributed by atoms with Crippen molar-refractivity contribution in [3.8, 4) is 17.2 Å². The Bertz CT molecular complexity index is 2400. The van der Waals surface area contributed by atoms with E-state index in [9.17, 15) is 55.2 Å². The Hall–Kier alpha value is -4.75. The highest BCUT2D eigenvalue weighted by Crippen LogP contribution is 2.49. The van der Waals surface area contributed by atoms with Gasteiger partial charge in [-0.05, 0) is 64.8 Å². The number of ether oxygens (including phenoxy) is 8. The van der Waals surface area contributed by atoms with E-state index in [1.165, 1.54) is 33.9 Å². The van der Waals surface area contributed by atoms with Gasteiger partial charge in [-0.3, -0.25) is 14.4 Å². The molecule has 3 saturated heterocycles. The number of azo groups is 1. The molecule has 0 aromatic heterocycles. The number of carbonyl (C=O) groups is 3. The number of rotatable bonds is 15. The van der Waals surface area contributed by atoms with Crippen molar-refractivity contribution >= 4 is 39.7 Å². The fourth-order valence-electron chi connectivity index (χ4n) is 9.65. The number of phenolic OH excluding ortho intramolecular Hbond substituents is 3. The average molecular weight is 985 g/mol. The van der Waals surface area contributed by atoms with E-state index < -0.39 is 144 Å². The first kappa shape index (κ1) is 53.1. The molecule has 3 aliphatic heterocycles. The summed E-state index contributed by atoms with van der Waals surface area (Å²) < 4.78 is 48.3. The number of ketones is 2. The van der Waals surface area contributed by atoms with E-state index in [-0.39, 0.29) is 53.3 Å². The van der Waals surface area contributed by atoms with Gasteiger partial charge in [0, 0.05) is 43.7 Å². The lowest BCUT2D eigenvalue weighted by molar-refractivity contribution is -0.334. The fraction of sp³-hybridized carbons (Fsp3) is 0.612. The van der Waals surface area contributed by atoms with Crippen LogP contribution in [0.5, 0.6) is 17.2 Å². The van der Waals surface area contributed by atoms with Gasteiger partial charge in [0.25, 0.3) is 0 Å². The maximum atomic E-state index is 14.9. The molecule has 0 saturated carbocycles. The van der Waals surface area contributed by atoms with Gasteiger partial charge in [-0.2, -0.15) is 5.11 Å². The molecule has 17 atom stereocenters. The first-order chi connectivity index (χ1) is 33.0. The molecule has 70 heavy (non-hydrogen) atoms. The van der Waals surface area contributed by atoms with E-state index in [4.69, 9.17) is 37.9 Å². The van der Waals surface area contributed by atoms with E-state index in [0.29, 0.717) is 5.69 Å². The van der Waals surface area contributed by atoms with Crippen molar-refractivity contribution in [2.24, 2.45) is 22.1 Å². The van der Waals surface area contributed by atoms with E-state index in [0.717, 1.165) is 6.07 Å². The number of nitrogens with zero attached hydrogens (tertiary/aromatic N) is 2. The number of carbonyl (C=O) groups excluding carboxylic acids is 3. The van der Waals surface area contributed by atoms with Crippen LogP contribution in [0.25, 0.3) is 10.8 Å². The molecule has 0 amide bonds. The third kappa shape index (κ3) is 11.0. The summed E-state index contributed by atoms with van der Waals surface area (Å²) in [5.74, 6) is -5.84. The Morgan fingerprint density at radius 1 is 0.814 bits per heavy atom. The number of aliphatic hydroxyl groups is 5. The molecular weight excluding hydrogens is 921 g/mol. The minimum atomic E-state index is -1.94. The van der Waals surface area contributed by atoms with Crippen LogP contribution in [0.15, 0.2) is 52.7 Å². The van der Waals surface area contributed by atoms with Gasteiger partial charge in [-0.15, -0.1) is 5.11 Å². The molecule has 21 nitrogen and oxygen atoms in total. The quantitative estimate of drug-likeness (QED) is 0.0796. The van der Waals surface area contributed by atoms with Gasteiger partial charge >= 0.3 is 5.97 Å². The number of benzene rings is 3. The summed E-state index contributed by atoms with van der Waals surface area (Å²) >= 11 is 0. The van der Waals surface area contributed by atoms with Gasteiger partial charge in [0.2, 0.25) is 0 Å². The molecule has 3 aromatic rings. The Morgan fingerprint density at radius 2 is 1.40 bits per heavy atom. The van der Waals surface area contributed by atoms with E-state index in [1.807, 2.05) is 0 Å². The zero-order valence-electron chi connectivity index (χ0n) is 40.1. The van der Waals surface area contributed by atoms with Crippen LogP contribution < -0.4 is 0 Å². The molecule has 3 heterocycles. The van der Waals surface area contributed by atoms with E-state index >= 15 is 0 Å². The van der Waals surface area contributed by atoms with Gasteiger partial charge < -0.3 is 78.7 Å². The summed E-state index contributed by atoms with van der Waals surface area (Å²) in [6.07, 6.45) is -19.0. The molecule has 21 heteroatoms. The molecule has 4 aliphatic rings. The Labute approximate surface area is 403 Å². The molecule has 0 bridgehead atoms. The molecule has 0 radical (unpaired) electrons. The van der Waals surface area contributed by atoms with Crippen LogP contribution in [-0.4, -0.2) is 163 Å². The SMILES string of the molecule is COC(C(=O)[C@@H](O)[C@H](C)O)[C@@H]1Cc2cc3c(N=Nc4ccccc4)c(O)cc(O)c3c(O)c2C(=O)C1O[C@H]1C[C@@H](O[C@H]2C[C@@H](O[C@H]3C[C@](C)(O)[C@@H](OC(=O)C(C)C)[C@H](C)O3)[C@H](O)[C@@H](C)O2)[C@H](O)[C@@H](C)O1. The normalized spacial score (nSPS) is 34.0. The minimum Gasteiger partial charge on any atom is -0.507 e. The molecule has 7 rings (SSSR count). The Balaban J connectivity index is 1.14. The van der Waals surface area contributed by atoms with Crippen molar-refractivity contribution in [1.29, 1.82) is 0 Å². The van der Waals surface area contributed by atoms with E-state index in [1.54, 1.807) is 58.0 Å². The predicted octanol–water partition coefficient (Wildman–Crippen LogP) is 3.65. The molecule has 384 valence electrons. The van der Waals surface area contributed by atoms with Crippen molar-refractivity contribution in [3.63, 3.8) is 0 Å². The third-order valence-electron chi connectivity index (χ3n) is 13.4. The Morgan fingerprint density at radius 3 is 1.97 bits per heavy atom. The van der Waals surface area contributed by atoms with Gasteiger partial charge in [-0.1, -0.05) is 32.0 Å². The van der Waals surface area contributed by atoms with Gasteiger partial charge in [0.05, 0.1) is 59.2 Å². The van der Waals surface area contributed by atoms with Crippen LogP contribution >= 0.6 is 0 Å². The fourth-order valence-corrected chi connectivity index (χ4v) is 9.65. The largest absolute Gasteiger partial charge is 0.507 e. The number of methoxy groups -OCH3 is 1. The van der Waals surface area contributed by atoms with Crippen LogP contribution in [0.2, 0.25) is 0 Å². The lowest BCUT2D eigenvalue weighted by Crippen LogP contribution is -2.59. The zero-order chi connectivity index (χ0) is 51.1. The van der Waals surface area contributed by atoms with Crippen LogP contribution in [0.1, 0.15) is 83.7 Å². The van der Waals surface area contributed by atoms with Crippen molar-refractivity contribution in [1.82, 2.24) is 0 Å². The van der Waals surface area contributed by atoms with Crippen LogP contribution in [0, 0.1) is 11.8 Å². The number of Topliss-reactive ketones (excluding diaryl/α,β-unsaturated/α-hetero) is 2. The van der Waals surface area contributed by atoms with Gasteiger partial charge in [0.1, 0.15) is 59.1 Å². The number of aliphatic hydroxyl groups excluding tert-OH is 4.